The summed E-state index contributed by atoms with van der Waals surface area (Å²) in [6.07, 6.45) is 3.45. The van der Waals surface area contributed by atoms with E-state index in [1.165, 1.54) is 21.7 Å². The van der Waals surface area contributed by atoms with Crippen molar-refractivity contribution in [2.24, 2.45) is 0 Å². The highest BCUT2D eigenvalue weighted by molar-refractivity contribution is 7.12. The van der Waals surface area contributed by atoms with Crippen molar-refractivity contribution in [3.63, 3.8) is 0 Å². The van der Waals surface area contributed by atoms with Crippen LogP contribution in [0.4, 0.5) is 0 Å². The van der Waals surface area contributed by atoms with Crippen LogP contribution >= 0.6 is 11.3 Å². The van der Waals surface area contributed by atoms with Gasteiger partial charge in [-0.15, -0.1) is 11.3 Å². The largest absolute Gasteiger partial charge is 0.310 e. The number of nitrogens with one attached hydrogen (secondary N) is 1. The molecule has 19 heavy (non-hydrogen) atoms. The molecule has 2 rings (SSSR count). The molecule has 1 aromatic heterocycles. The first kappa shape index (κ1) is 14.3. The normalized spacial score (nSPS) is 12.5. The predicted octanol–water partition coefficient (Wildman–Crippen LogP) is 4.59. The number of benzene rings is 1. The highest BCUT2D eigenvalue weighted by Gasteiger charge is 2.12. The van der Waals surface area contributed by atoms with E-state index in [0.29, 0.717) is 6.04 Å². The van der Waals surface area contributed by atoms with Gasteiger partial charge >= 0.3 is 0 Å². The average molecular weight is 273 g/mol. The summed E-state index contributed by atoms with van der Waals surface area (Å²) in [5, 5.41) is 3.62. The van der Waals surface area contributed by atoms with Crippen LogP contribution in [0.15, 0.2) is 42.5 Å². The smallest absolute Gasteiger partial charge is 0.0417 e. The summed E-state index contributed by atoms with van der Waals surface area (Å²) in [6, 6.07) is 15.8. The third-order valence-corrected chi connectivity index (χ3v) is 4.73. The van der Waals surface area contributed by atoms with Gasteiger partial charge in [-0.3, -0.25) is 0 Å². The first-order chi connectivity index (χ1) is 9.33. The molecule has 0 aliphatic heterocycles. The molecule has 0 radical (unpaired) electrons. The predicted molar refractivity (Wildman–Crippen MR) is 84.9 cm³/mol. The quantitative estimate of drug-likeness (QED) is 0.777. The summed E-state index contributed by atoms with van der Waals surface area (Å²) < 4.78 is 0. The van der Waals surface area contributed by atoms with Crippen molar-refractivity contribution in [3.05, 3.63) is 57.8 Å². The van der Waals surface area contributed by atoms with Crippen molar-refractivity contribution in [1.29, 1.82) is 0 Å². The van der Waals surface area contributed by atoms with E-state index in [2.05, 4.69) is 61.6 Å². The lowest BCUT2D eigenvalue weighted by Gasteiger charge is -2.16. The van der Waals surface area contributed by atoms with Crippen molar-refractivity contribution in [2.45, 2.75) is 39.2 Å². The highest BCUT2D eigenvalue weighted by atomic mass is 32.1. The highest BCUT2D eigenvalue weighted by Crippen LogP contribution is 2.27. The molecule has 1 atom stereocenters. The number of thiophene rings is 1. The minimum atomic E-state index is 0.496. The zero-order valence-electron chi connectivity index (χ0n) is 11.9. The molecule has 2 heteroatoms. The second-order valence-electron chi connectivity index (χ2n) is 4.79. The third kappa shape index (κ3) is 4.19. The topological polar surface area (TPSA) is 12.0 Å². The maximum absolute atomic E-state index is 3.62. The molecule has 2 aromatic rings. The standard InChI is InChI=1S/C17H23NS/c1-3-15-11-13-17(19-15)16(18-4-2)12-10-14-8-6-5-7-9-14/h5-9,11,13,16,18H,3-4,10,12H2,1-2H3. The lowest BCUT2D eigenvalue weighted by Crippen LogP contribution is -2.20. The second-order valence-corrected chi connectivity index (χ2v) is 5.99. The van der Waals surface area contributed by atoms with Crippen LogP contribution in [0.1, 0.15) is 41.6 Å². The van der Waals surface area contributed by atoms with Gasteiger partial charge in [0.05, 0.1) is 0 Å². The Morgan fingerprint density at radius 1 is 1.05 bits per heavy atom. The van der Waals surface area contributed by atoms with Crippen LogP contribution in [-0.4, -0.2) is 6.54 Å². The molecule has 0 spiro atoms. The summed E-state index contributed by atoms with van der Waals surface area (Å²) in [5.74, 6) is 0. The summed E-state index contributed by atoms with van der Waals surface area (Å²) in [6.45, 7) is 5.44. The lowest BCUT2D eigenvalue weighted by molar-refractivity contribution is 0.523. The molecule has 0 aliphatic rings. The number of hydrogen-bond donors (Lipinski definition) is 1. The van der Waals surface area contributed by atoms with Gasteiger partial charge in [0.25, 0.3) is 0 Å². The fraction of sp³-hybridized carbons (Fsp3) is 0.412. The molecular formula is C17H23NS. The Bertz CT molecular complexity index is 475. The van der Waals surface area contributed by atoms with E-state index in [9.17, 15) is 0 Å². The van der Waals surface area contributed by atoms with E-state index in [4.69, 9.17) is 0 Å². The number of hydrogen-bond acceptors (Lipinski definition) is 2. The van der Waals surface area contributed by atoms with Crippen LogP contribution in [0, 0.1) is 0 Å². The van der Waals surface area contributed by atoms with E-state index in [-0.39, 0.29) is 0 Å². The molecule has 1 heterocycles. The second kappa shape index (κ2) is 7.46. The molecule has 102 valence electrons. The summed E-state index contributed by atoms with van der Waals surface area (Å²) in [4.78, 5) is 2.97. The molecule has 1 N–H and O–H groups in total. The molecule has 1 nitrogen and oxygen atoms in total. The number of rotatable bonds is 7. The van der Waals surface area contributed by atoms with Gasteiger partial charge in [0.15, 0.2) is 0 Å². The van der Waals surface area contributed by atoms with E-state index in [1.54, 1.807) is 0 Å². The SMILES string of the molecule is CCNC(CCc1ccccc1)c1ccc(CC)s1. The third-order valence-electron chi connectivity index (χ3n) is 3.39. The van der Waals surface area contributed by atoms with Gasteiger partial charge < -0.3 is 5.32 Å². The average Bonchev–Trinajstić information content (AvgIpc) is 2.93. The van der Waals surface area contributed by atoms with Crippen molar-refractivity contribution >= 4 is 11.3 Å². The van der Waals surface area contributed by atoms with Gasteiger partial charge in [0.2, 0.25) is 0 Å². The summed E-state index contributed by atoms with van der Waals surface area (Å²) in [7, 11) is 0. The van der Waals surface area contributed by atoms with Gasteiger partial charge in [-0.05, 0) is 43.5 Å². The molecule has 1 unspecified atom stereocenters. The van der Waals surface area contributed by atoms with Crippen LogP contribution in [-0.2, 0) is 12.8 Å². The molecule has 0 saturated carbocycles. The number of aryl methyl sites for hydroxylation is 2. The maximum Gasteiger partial charge on any atom is 0.0417 e. The van der Waals surface area contributed by atoms with Crippen LogP contribution in [0.3, 0.4) is 0 Å². The van der Waals surface area contributed by atoms with Crippen LogP contribution < -0.4 is 5.32 Å². The van der Waals surface area contributed by atoms with Crippen molar-refractivity contribution in [3.8, 4) is 0 Å². The van der Waals surface area contributed by atoms with E-state index >= 15 is 0 Å². The van der Waals surface area contributed by atoms with Crippen molar-refractivity contribution in [2.75, 3.05) is 6.54 Å². The van der Waals surface area contributed by atoms with E-state index < -0.39 is 0 Å². The van der Waals surface area contributed by atoms with E-state index in [1.807, 2.05) is 11.3 Å². The lowest BCUT2D eigenvalue weighted by atomic mass is 10.0. The minimum Gasteiger partial charge on any atom is -0.310 e. The summed E-state index contributed by atoms with van der Waals surface area (Å²) >= 11 is 1.95. The van der Waals surface area contributed by atoms with Gasteiger partial charge in [-0.2, -0.15) is 0 Å². The van der Waals surface area contributed by atoms with Gasteiger partial charge in [-0.25, -0.2) is 0 Å². The molecule has 0 fully saturated rings. The summed E-state index contributed by atoms with van der Waals surface area (Å²) in [5.41, 5.74) is 1.43. The molecule has 0 bridgehead atoms. The molecule has 1 aromatic carbocycles. The Hall–Kier alpha value is -1.12. The monoisotopic (exact) mass is 273 g/mol. The Morgan fingerprint density at radius 2 is 1.84 bits per heavy atom. The van der Waals surface area contributed by atoms with Crippen LogP contribution in [0.2, 0.25) is 0 Å². The van der Waals surface area contributed by atoms with Gasteiger partial charge in [-0.1, -0.05) is 44.2 Å². The zero-order chi connectivity index (χ0) is 13.5. The zero-order valence-corrected chi connectivity index (χ0v) is 12.7. The maximum atomic E-state index is 3.62. The van der Waals surface area contributed by atoms with Gasteiger partial charge in [0, 0.05) is 15.8 Å². The minimum absolute atomic E-state index is 0.496. The first-order valence-electron chi connectivity index (χ1n) is 7.19. The molecule has 0 amide bonds. The Labute approximate surface area is 120 Å². The van der Waals surface area contributed by atoms with E-state index in [0.717, 1.165) is 19.4 Å². The van der Waals surface area contributed by atoms with Crippen LogP contribution in [0.5, 0.6) is 0 Å². The first-order valence-corrected chi connectivity index (χ1v) is 8.01. The van der Waals surface area contributed by atoms with Gasteiger partial charge in [0.1, 0.15) is 0 Å². The fourth-order valence-corrected chi connectivity index (χ4v) is 3.38. The molecular weight excluding hydrogens is 250 g/mol. The van der Waals surface area contributed by atoms with Crippen molar-refractivity contribution in [1.82, 2.24) is 5.32 Å². The van der Waals surface area contributed by atoms with Crippen molar-refractivity contribution < 1.29 is 0 Å². The Morgan fingerprint density at radius 3 is 2.47 bits per heavy atom. The van der Waals surface area contributed by atoms with Crippen LogP contribution in [0.25, 0.3) is 0 Å². The molecule has 0 saturated heterocycles. The Balaban J connectivity index is 1.99. The Kier molecular flexibility index (Phi) is 5.62. The molecule has 0 aliphatic carbocycles. The fourth-order valence-electron chi connectivity index (χ4n) is 2.32.